The van der Waals surface area contributed by atoms with E-state index in [2.05, 4.69) is 29.4 Å². The number of carboxylic acids is 1. The maximum Gasteiger partial charge on any atom is 0.328 e. The quantitative estimate of drug-likeness (QED) is 0.493. The summed E-state index contributed by atoms with van der Waals surface area (Å²) >= 11 is 0. The first-order chi connectivity index (χ1) is 8.79. The zero-order valence-electron chi connectivity index (χ0n) is 12.0. The SMILES string of the molecule is CCC(C)N(C)CCNC(=O)N[C@H](C(=O)O)[C@@H](C)O. The molecule has 0 rings (SSSR count). The molecule has 0 saturated heterocycles. The number of aliphatic hydroxyl groups excluding tert-OH is 1. The van der Waals surface area contributed by atoms with E-state index in [1.165, 1.54) is 6.92 Å². The molecule has 19 heavy (non-hydrogen) atoms. The number of carbonyl (C=O) groups excluding carboxylic acids is 1. The molecule has 4 N–H and O–H groups in total. The molecule has 0 heterocycles. The first-order valence-corrected chi connectivity index (χ1v) is 6.45. The van der Waals surface area contributed by atoms with Crippen LogP contribution in [0.2, 0.25) is 0 Å². The van der Waals surface area contributed by atoms with Crippen molar-refractivity contribution in [3.8, 4) is 0 Å². The molecule has 0 aromatic carbocycles. The number of urea groups is 1. The van der Waals surface area contributed by atoms with Crippen molar-refractivity contribution < 1.29 is 19.8 Å². The highest BCUT2D eigenvalue weighted by atomic mass is 16.4. The van der Waals surface area contributed by atoms with Crippen molar-refractivity contribution in [3.05, 3.63) is 0 Å². The number of carboxylic acid groups (broad SMARTS) is 1. The van der Waals surface area contributed by atoms with Crippen molar-refractivity contribution >= 4 is 12.0 Å². The van der Waals surface area contributed by atoms with Crippen LogP contribution in [0.15, 0.2) is 0 Å². The van der Waals surface area contributed by atoms with Crippen molar-refractivity contribution in [1.82, 2.24) is 15.5 Å². The second-order valence-electron chi connectivity index (χ2n) is 4.69. The molecule has 3 atom stereocenters. The van der Waals surface area contributed by atoms with E-state index in [1.807, 2.05) is 7.05 Å². The van der Waals surface area contributed by atoms with Crippen LogP contribution in [0.25, 0.3) is 0 Å². The summed E-state index contributed by atoms with van der Waals surface area (Å²) in [7, 11) is 1.96. The Labute approximate surface area is 114 Å². The van der Waals surface area contributed by atoms with Gasteiger partial charge in [-0.1, -0.05) is 6.92 Å². The number of rotatable bonds is 8. The van der Waals surface area contributed by atoms with Crippen LogP contribution in [0.5, 0.6) is 0 Å². The topological polar surface area (TPSA) is 102 Å². The van der Waals surface area contributed by atoms with Gasteiger partial charge in [-0.3, -0.25) is 0 Å². The Kier molecular flexibility index (Phi) is 8.09. The summed E-state index contributed by atoms with van der Waals surface area (Å²) < 4.78 is 0. The lowest BCUT2D eigenvalue weighted by molar-refractivity contribution is -0.141. The van der Waals surface area contributed by atoms with Gasteiger partial charge in [-0.15, -0.1) is 0 Å². The largest absolute Gasteiger partial charge is 0.480 e. The van der Waals surface area contributed by atoms with Crippen LogP contribution in [0.4, 0.5) is 4.79 Å². The van der Waals surface area contributed by atoms with Crippen molar-refractivity contribution in [2.75, 3.05) is 20.1 Å². The van der Waals surface area contributed by atoms with Crippen LogP contribution < -0.4 is 10.6 Å². The smallest absolute Gasteiger partial charge is 0.328 e. The fraction of sp³-hybridized carbons (Fsp3) is 0.833. The molecule has 2 amide bonds. The van der Waals surface area contributed by atoms with E-state index in [-0.39, 0.29) is 0 Å². The molecule has 0 aromatic heterocycles. The van der Waals surface area contributed by atoms with Gasteiger partial charge in [0.1, 0.15) is 0 Å². The molecule has 0 saturated carbocycles. The standard InChI is InChI=1S/C12H25N3O4/c1-5-8(2)15(4)7-6-13-12(19)14-10(9(3)16)11(17)18/h8-10,16H,5-7H2,1-4H3,(H,17,18)(H2,13,14,19)/t8?,9-,10+/m1/s1. The third kappa shape index (κ3) is 6.97. The summed E-state index contributed by atoms with van der Waals surface area (Å²) in [5, 5.41) is 22.8. The highest BCUT2D eigenvalue weighted by Crippen LogP contribution is 1.98. The summed E-state index contributed by atoms with van der Waals surface area (Å²) in [5.41, 5.74) is 0. The first kappa shape index (κ1) is 17.7. The van der Waals surface area contributed by atoms with Crippen LogP contribution in [0.3, 0.4) is 0 Å². The number of nitrogens with zero attached hydrogens (tertiary/aromatic N) is 1. The lowest BCUT2D eigenvalue weighted by atomic mass is 10.2. The Hall–Kier alpha value is -1.34. The average molecular weight is 275 g/mol. The first-order valence-electron chi connectivity index (χ1n) is 6.45. The van der Waals surface area contributed by atoms with Crippen molar-refractivity contribution in [3.63, 3.8) is 0 Å². The number of likely N-dealkylation sites (N-methyl/N-ethyl adjacent to an activating group) is 1. The number of nitrogens with one attached hydrogen (secondary N) is 2. The normalized spacial score (nSPS) is 15.7. The number of hydrogen-bond donors (Lipinski definition) is 4. The molecule has 0 spiro atoms. The van der Waals surface area contributed by atoms with E-state index in [4.69, 9.17) is 5.11 Å². The van der Waals surface area contributed by atoms with Gasteiger partial charge in [0.05, 0.1) is 6.10 Å². The number of aliphatic hydroxyl groups is 1. The average Bonchev–Trinajstić information content (AvgIpc) is 2.33. The van der Waals surface area contributed by atoms with Gasteiger partial charge in [0, 0.05) is 19.1 Å². The zero-order valence-corrected chi connectivity index (χ0v) is 12.0. The summed E-state index contributed by atoms with van der Waals surface area (Å²) in [4.78, 5) is 24.3. The summed E-state index contributed by atoms with van der Waals surface area (Å²) in [5.74, 6) is -1.26. The predicted octanol–water partition coefficient (Wildman–Crippen LogP) is -0.150. The lowest BCUT2D eigenvalue weighted by Gasteiger charge is -2.24. The summed E-state index contributed by atoms with van der Waals surface area (Å²) in [6.45, 7) is 6.58. The van der Waals surface area contributed by atoms with E-state index in [0.717, 1.165) is 6.42 Å². The van der Waals surface area contributed by atoms with E-state index >= 15 is 0 Å². The van der Waals surface area contributed by atoms with Gasteiger partial charge in [-0.25, -0.2) is 9.59 Å². The van der Waals surface area contributed by atoms with Gasteiger partial charge in [-0.05, 0) is 27.3 Å². The maximum atomic E-state index is 11.5. The number of aliphatic carboxylic acids is 1. The molecule has 0 aliphatic heterocycles. The molecule has 7 heteroatoms. The molecule has 0 fully saturated rings. The molecule has 1 unspecified atom stereocenters. The number of hydrogen-bond acceptors (Lipinski definition) is 4. The van der Waals surface area contributed by atoms with Crippen LogP contribution in [-0.2, 0) is 4.79 Å². The zero-order chi connectivity index (χ0) is 15.0. The minimum absolute atomic E-state index is 0.415. The lowest BCUT2D eigenvalue weighted by Crippen LogP contribution is -2.52. The van der Waals surface area contributed by atoms with Crippen LogP contribution in [0.1, 0.15) is 27.2 Å². The molecule has 0 aliphatic rings. The molecule has 0 aromatic rings. The minimum Gasteiger partial charge on any atom is -0.480 e. The molecule has 0 aliphatic carbocycles. The van der Waals surface area contributed by atoms with Crippen LogP contribution in [-0.4, -0.2) is 65.4 Å². The molecule has 112 valence electrons. The van der Waals surface area contributed by atoms with Crippen molar-refractivity contribution in [2.45, 2.75) is 45.4 Å². The number of carbonyl (C=O) groups is 2. The highest BCUT2D eigenvalue weighted by molar-refractivity contribution is 5.82. The van der Waals surface area contributed by atoms with E-state index in [1.54, 1.807) is 0 Å². The van der Waals surface area contributed by atoms with Crippen LogP contribution >= 0.6 is 0 Å². The van der Waals surface area contributed by atoms with E-state index < -0.39 is 24.1 Å². The summed E-state index contributed by atoms with van der Waals surface area (Å²) in [6, 6.07) is -1.47. The third-order valence-electron chi connectivity index (χ3n) is 3.13. The van der Waals surface area contributed by atoms with Gasteiger partial charge in [-0.2, -0.15) is 0 Å². The Balaban J connectivity index is 4.02. The fourth-order valence-corrected chi connectivity index (χ4v) is 1.46. The van der Waals surface area contributed by atoms with Crippen molar-refractivity contribution in [1.29, 1.82) is 0 Å². The fourth-order valence-electron chi connectivity index (χ4n) is 1.46. The third-order valence-corrected chi connectivity index (χ3v) is 3.13. The molecule has 0 radical (unpaired) electrons. The van der Waals surface area contributed by atoms with E-state index in [0.29, 0.717) is 19.1 Å². The van der Waals surface area contributed by atoms with Gasteiger partial charge in [0.2, 0.25) is 0 Å². The highest BCUT2D eigenvalue weighted by Gasteiger charge is 2.24. The summed E-state index contributed by atoms with van der Waals surface area (Å²) in [6.07, 6.45) is -0.128. The van der Waals surface area contributed by atoms with Gasteiger partial charge >= 0.3 is 12.0 Å². The Morgan fingerprint density at radius 1 is 1.32 bits per heavy atom. The van der Waals surface area contributed by atoms with Gasteiger partial charge in [0.15, 0.2) is 6.04 Å². The van der Waals surface area contributed by atoms with Gasteiger partial charge < -0.3 is 25.7 Å². The van der Waals surface area contributed by atoms with Crippen molar-refractivity contribution in [2.24, 2.45) is 0 Å². The Morgan fingerprint density at radius 2 is 1.89 bits per heavy atom. The molecular formula is C12H25N3O4. The number of amides is 2. The predicted molar refractivity (Wildman–Crippen MR) is 72.0 cm³/mol. The van der Waals surface area contributed by atoms with Crippen LogP contribution in [0, 0.1) is 0 Å². The monoisotopic (exact) mass is 275 g/mol. The second kappa shape index (κ2) is 8.71. The minimum atomic E-state index is -1.30. The van der Waals surface area contributed by atoms with E-state index in [9.17, 15) is 14.7 Å². The van der Waals surface area contributed by atoms with Gasteiger partial charge in [0.25, 0.3) is 0 Å². The maximum absolute atomic E-state index is 11.5. The second-order valence-corrected chi connectivity index (χ2v) is 4.69. The molecule has 7 nitrogen and oxygen atoms in total. The Morgan fingerprint density at radius 3 is 2.32 bits per heavy atom. The molecule has 0 bridgehead atoms. The molecular weight excluding hydrogens is 250 g/mol. The Bertz CT molecular complexity index is 297.